The smallest absolute Gasteiger partial charge is 0.170 e. The van der Waals surface area contributed by atoms with Crippen LogP contribution in [0.2, 0.25) is 0 Å². The van der Waals surface area contributed by atoms with Crippen LogP contribution in [0.15, 0.2) is 108 Å². The zero-order valence-corrected chi connectivity index (χ0v) is 22.0. The number of fused-ring (bicyclic) bond motifs is 2. The van der Waals surface area contributed by atoms with E-state index in [0.29, 0.717) is 11.8 Å². The summed E-state index contributed by atoms with van der Waals surface area (Å²) >= 11 is 0. The van der Waals surface area contributed by atoms with E-state index in [4.69, 9.17) is 0 Å². The van der Waals surface area contributed by atoms with Gasteiger partial charge in [0, 0.05) is 23.3 Å². The van der Waals surface area contributed by atoms with Crippen molar-refractivity contribution in [2.45, 2.75) is 50.4 Å². The molecule has 0 aliphatic heterocycles. The molecule has 0 amide bonds. The Kier molecular flexibility index (Phi) is 7.03. The van der Waals surface area contributed by atoms with Crippen molar-refractivity contribution in [1.29, 1.82) is 0 Å². The Bertz CT molecular complexity index is 1390. The molecule has 6 rings (SSSR count). The van der Waals surface area contributed by atoms with E-state index in [2.05, 4.69) is 24.3 Å². The van der Waals surface area contributed by atoms with Crippen molar-refractivity contribution in [2.24, 2.45) is 23.7 Å². The molecular weight excluding hydrogens is 484 g/mol. The van der Waals surface area contributed by atoms with E-state index >= 15 is 0 Å². The molecule has 6 unspecified atom stereocenters. The van der Waals surface area contributed by atoms with Crippen molar-refractivity contribution in [3.63, 3.8) is 0 Å². The van der Waals surface area contributed by atoms with Crippen molar-refractivity contribution in [3.05, 3.63) is 119 Å². The third-order valence-corrected chi connectivity index (χ3v) is 9.40. The number of allylic oxidation sites excluding steroid dienone is 8. The average molecular weight is 518 g/mol. The van der Waals surface area contributed by atoms with Crippen molar-refractivity contribution in [2.75, 3.05) is 0 Å². The largest absolute Gasteiger partial charge is 0.875 e. The molecule has 0 bridgehead atoms. The first-order valence-corrected chi connectivity index (χ1v) is 14.2. The molecule has 0 saturated heterocycles. The highest BCUT2D eigenvalue weighted by Crippen LogP contribution is 2.48. The van der Waals surface area contributed by atoms with Gasteiger partial charge in [0.1, 0.15) is 0 Å². The fourth-order valence-electron chi connectivity index (χ4n) is 7.34. The minimum absolute atomic E-state index is 0.0438. The van der Waals surface area contributed by atoms with Gasteiger partial charge in [-0.05, 0) is 73.5 Å². The fourth-order valence-corrected chi connectivity index (χ4v) is 7.34. The first-order valence-electron chi connectivity index (χ1n) is 14.2. The van der Waals surface area contributed by atoms with Crippen molar-refractivity contribution < 1.29 is 19.5 Å². The Labute approximate surface area is 229 Å². The summed E-state index contributed by atoms with van der Waals surface area (Å²) in [4.78, 5) is 39.1. The van der Waals surface area contributed by atoms with Crippen LogP contribution < -0.4 is 5.11 Å². The second-order valence-corrected chi connectivity index (χ2v) is 11.5. The van der Waals surface area contributed by atoms with Crippen LogP contribution >= 0.6 is 0 Å². The van der Waals surface area contributed by atoms with E-state index in [-0.39, 0.29) is 57.9 Å². The molecule has 0 aromatic heterocycles. The predicted molar refractivity (Wildman–Crippen MR) is 148 cm³/mol. The van der Waals surface area contributed by atoms with Gasteiger partial charge in [-0.3, -0.25) is 14.4 Å². The highest BCUT2D eigenvalue weighted by atomic mass is 16.3. The number of hydrogen-bond acceptors (Lipinski definition) is 4. The predicted octanol–water partition coefficient (Wildman–Crippen LogP) is 5.77. The van der Waals surface area contributed by atoms with Crippen molar-refractivity contribution in [1.82, 2.24) is 0 Å². The van der Waals surface area contributed by atoms with E-state index in [9.17, 15) is 19.5 Å². The van der Waals surface area contributed by atoms with Gasteiger partial charge < -0.3 is 5.11 Å². The minimum Gasteiger partial charge on any atom is -0.875 e. The number of benzene rings is 2. The summed E-state index contributed by atoms with van der Waals surface area (Å²) < 4.78 is 0. The lowest BCUT2D eigenvalue weighted by molar-refractivity contribution is -0.317. The lowest BCUT2D eigenvalue weighted by atomic mass is 9.72. The molecule has 6 atom stereocenters. The lowest BCUT2D eigenvalue weighted by Crippen LogP contribution is -2.28. The van der Waals surface area contributed by atoms with Gasteiger partial charge in [0.05, 0.1) is 5.57 Å². The van der Waals surface area contributed by atoms with Crippen LogP contribution in [0.3, 0.4) is 0 Å². The van der Waals surface area contributed by atoms with Gasteiger partial charge in [-0.1, -0.05) is 85.0 Å². The summed E-state index contributed by atoms with van der Waals surface area (Å²) in [6, 6.07) is 20.5. The lowest BCUT2D eigenvalue weighted by Gasteiger charge is -2.34. The first-order chi connectivity index (χ1) is 19.0. The van der Waals surface area contributed by atoms with Gasteiger partial charge in [-0.2, -0.15) is 0 Å². The van der Waals surface area contributed by atoms with E-state index in [0.717, 1.165) is 38.5 Å². The first kappa shape index (κ1) is 25.5. The van der Waals surface area contributed by atoms with Crippen LogP contribution in [0, 0.1) is 23.7 Å². The maximum absolute atomic E-state index is 13.1. The van der Waals surface area contributed by atoms with E-state index in [1.165, 1.54) is 11.1 Å². The summed E-state index contributed by atoms with van der Waals surface area (Å²) in [5.74, 6) is -0.452. The molecule has 0 heterocycles. The number of ketones is 3. The van der Waals surface area contributed by atoms with Crippen LogP contribution in [0.25, 0.3) is 0 Å². The molecule has 0 N–H and O–H groups in total. The third kappa shape index (κ3) is 4.78. The molecule has 4 nitrogen and oxygen atoms in total. The summed E-state index contributed by atoms with van der Waals surface area (Å²) in [5.41, 5.74) is 3.04. The van der Waals surface area contributed by atoms with Gasteiger partial charge in [0.15, 0.2) is 17.3 Å². The van der Waals surface area contributed by atoms with E-state index in [1.54, 1.807) is 30.4 Å². The molecule has 2 aromatic rings. The molecule has 39 heavy (non-hydrogen) atoms. The number of rotatable bonds is 5. The topological polar surface area (TPSA) is 74.3 Å². The van der Waals surface area contributed by atoms with Crippen LogP contribution in [0.5, 0.6) is 0 Å². The standard InChI is InChI=1S/C35H34O4/c36-32-26-18-16-24(22-10-4-1-5-11-22)20-30(26)34(38)28(32)14-8-3-9-15-29-33(37)27-19-17-25(21-31(27)35(29)39)23-12-6-2-7-13-23/h1-15,24-27,30-31,38H,16-21H2/p-1/b9-3+,14-8+,29-15+. The summed E-state index contributed by atoms with van der Waals surface area (Å²) in [6.45, 7) is 0. The zero-order chi connectivity index (χ0) is 26.9. The number of carbonyl (C=O) groups is 3. The Hall–Kier alpha value is -3.79. The van der Waals surface area contributed by atoms with Gasteiger partial charge in [-0.15, -0.1) is 5.76 Å². The maximum Gasteiger partial charge on any atom is 0.170 e. The number of Topliss-reactive ketones (excluding diaryl/α,β-unsaturated/α-hetero) is 3. The molecule has 4 aliphatic rings. The van der Waals surface area contributed by atoms with E-state index in [1.807, 2.05) is 36.4 Å². The molecule has 4 aliphatic carbocycles. The average Bonchev–Trinajstić information content (AvgIpc) is 3.37. The highest BCUT2D eigenvalue weighted by molar-refractivity contribution is 6.27. The quantitative estimate of drug-likeness (QED) is 0.287. The second kappa shape index (κ2) is 10.8. The van der Waals surface area contributed by atoms with Gasteiger partial charge >= 0.3 is 0 Å². The summed E-state index contributed by atoms with van der Waals surface area (Å²) in [5, 5.41) is 13.1. The molecular formula is C35H33O4-. The molecule has 2 aromatic carbocycles. The van der Waals surface area contributed by atoms with Gasteiger partial charge in [-0.25, -0.2) is 0 Å². The Morgan fingerprint density at radius 2 is 1.13 bits per heavy atom. The summed E-state index contributed by atoms with van der Waals surface area (Å²) in [7, 11) is 0. The van der Waals surface area contributed by atoms with Crippen LogP contribution in [-0.4, -0.2) is 17.3 Å². The van der Waals surface area contributed by atoms with Crippen molar-refractivity contribution in [3.8, 4) is 0 Å². The molecule has 0 radical (unpaired) electrons. The number of hydrogen-bond donors (Lipinski definition) is 0. The Morgan fingerprint density at radius 3 is 1.74 bits per heavy atom. The zero-order valence-electron chi connectivity index (χ0n) is 22.0. The fraction of sp³-hybridized carbons (Fsp3) is 0.343. The molecule has 4 heteroatoms. The van der Waals surface area contributed by atoms with E-state index < -0.39 is 0 Å². The molecule has 0 spiro atoms. The van der Waals surface area contributed by atoms with Crippen LogP contribution in [0.1, 0.15) is 61.5 Å². The summed E-state index contributed by atoms with van der Waals surface area (Å²) in [6.07, 6.45) is 13.0. The van der Waals surface area contributed by atoms with Gasteiger partial charge in [0.25, 0.3) is 0 Å². The number of carbonyl (C=O) groups excluding carboxylic acids is 3. The van der Waals surface area contributed by atoms with Crippen LogP contribution in [-0.2, 0) is 14.4 Å². The molecule has 3 saturated carbocycles. The highest BCUT2D eigenvalue weighted by Gasteiger charge is 2.48. The van der Waals surface area contributed by atoms with Gasteiger partial charge in [0.2, 0.25) is 0 Å². The van der Waals surface area contributed by atoms with Crippen molar-refractivity contribution >= 4 is 17.3 Å². The van der Waals surface area contributed by atoms with Crippen LogP contribution in [0.4, 0.5) is 0 Å². The SMILES string of the molecule is O=C1C(/C=C/C=C/C=C2\C(=O)C3CCC(c4ccccc4)CC3C2=O)=C([O-])C2CC(c3ccccc3)CCC12. The molecule has 3 fully saturated rings. The normalized spacial score (nSPS) is 32.0. The minimum atomic E-state index is -0.237. The Morgan fingerprint density at radius 1 is 0.590 bits per heavy atom. The molecule has 198 valence electrons. The third-order valence-electron chi connectivity index (χ3n) is 9.40. The monoisotopic (exact) mass is 517 g/mol. The Balaban J connectivity index is 1.11. The second-order valence-electron chi connectivity index (χ2n) is 11.5. The maximum atomic E-state index is 13.1.